The zero-order valence-electron chi connectivity index (χ0n) is 18.4. The highest BCUT2D eigenvalue weighted by Gasteiger charge is 2.26. The van der Waals surface area contributed by atoms with Gasteiger partial charge in [-0.3, -0.25) is 4.79 Å². The van der Waals surface area contributed by atoms with Gasteiger partial charge in [-0.15, -0.1) is 0 Å². The Kier molecular flexibility index (Phi) is 6.98. The molecule has 3 aromatic carbocycles. The molecule has 1 aliphatic heterocycles. The number of nitrogens with zero attached hydrogens (tertiary/aromatic N) is 2. The Hall–Kier alpha value is -3.65. The molecule has 0 aliphatic carbocycles. The van der Waals surface area contributed by atoms with Gasteiger partial charge in [-0.1, -0.05) is 35.9 Å². The van der Waals surface area contributed by atoms with Crippen molar-refractivity contribution in [2.75, 3.05) is 35.3 Å². The molecular formula is C25H23ClF2N4O2. The van der Waals surface area contributed by atoms with E-state index in [-0.39, 0.29) is 12.5 Å². The molecule has 0 atom stereocenters. The molecule has 1 aliphatic rings. The van der Waals surface area contributed by atoms with E-state index in [2.05, 4.69) is 15.5 Å². The number of para-hydroxylation sites is 3. The number of anilines is 3. The van der Waals surface area contributed by atoms with Crippen LogP contribution in [0.25, 0.3) is 0 Å². The third-order valence-electron chi connectivity index (χ3n) is 5.68. The average molecular weight is 485 g/mol. The first-order chi connectivity index (χ1) is 16.4. The second-order valence-electron chi connectivity index (χ2n) is 7.89. The van der Waals surface area contributed by atoms with Crippen LogP contribution in [0.15, 0.2) is 60.7 Å². The molecule has 0 radical (unpaired) electrons. The number of halogens is 3. The molecule has 3 amide bonds. The van der Waals surface area contributed by atoms with E-state index in [4.69, 9.17) is 11.6 Å². The molecule has 0 saturated carbocycles. The van der Waals surface area contributed by atoms with Crippen LogP contribution in [-0.2, 0) is 6.54 Å². The molecule has 34 heavy (non-hydrogen) atoms. The van der Waals surface area contributed by atoms with Crippen LogP contribution >= 0.6 is 11.6 Å². The van der Waals surface area contributed by atoms with Crippen LogP contribution in [0.4, 0.5) is 30.6 Å². The fourth-order valence-corrected chi connectivity index (χ4v) is 4.20. The minimum Gasteiger partial charge on any atom is -0.373 e. The Morgan fingerprint density at radius 1 is 0.941 bits per heavy atom. The first kappa shape index (κ1) is 23.5. The van der Waals surface area contributed by atoms with Crippen molar-refractivity contribution in [1.82, 2.24) is 5.32 Å². The van der Waals surface area contributed by atoms with E-state index in [0.29, 0.717) is 22.7 Å². The lowest BCUT2D eigenvalue weighted by Gasteiger charge is -2.25. The van der Waals surface area contributed by atoms with Gasteiger partial charge < -0.3 is 20.4 Å². The molecule has 6 nitrogen and oxygen atoms in total. The fourth-order valence-electron chi connectivity index (χ4n) is 3.96. The molecule has 176 valence electrons. The lowest BCUT2D eigenvalue weighted by Crippen LogP contribution is -2.34. The highest BCUT2D eigenvalue weighted by Crippen LogP contribution is 2.33. The van der Waals surface area contributed by atoms with E-state index >= 15 is 0 Å². The summed E-state index contributed by atoms with van der Waals surface area (Å²) >= 11 is 6.39. The molecule has 0 fully saturated rings. The van der Waals surface area contributed by atoms with Gasteiger partial charge in [0, 0.05) is 42.8 Å². The van der Waals surface area contributed by atoms with Gasteiger partial charge in [0.15, 0.2) is 0 Å². The number of urea groups is 1. The molecule has 3 aromatic rings. The smallest absolute Gasteiger partial charge is 0.319 e. The summed E-state index contributed by atoms with van der Waals surface area (Å²) in [6.45, 7) is 1.21. The molecule has 0 aromatic heterocycles. The normalized spacial score (nSPS) is 13.2. The molecule has 4 rings (SSSR count). The molecule has 0 spiro atoms. The monoisotopic (exact) mass is 484 g/mol. The maximum atomic E-state index is 13.8. The van der Waals surface area contributed by atoms with Crippen molar-refractivity contribution in [3.63, 3.8) is 0 Å². The van der Waals surface area contributed by atoms with Crippen molar-refractivity contribution < 1.29 is 18.4 Å². The summed E-state index contributed by atoms with van der Waals surface area (Å²) in [4.78, 5) is 29.8. The number of nitrogens with one attached hydrogen (secondary N) is 2. The summed E-state index contributed by atoms with van der Waals surface area (Å²) in [5.74, 6) is -2.04. The van der Waals surface area contributed by atoms with Gasteiger partial charge in [0.1, 0.15) is 17.3 Å². The molecule has 0 bridgehead atoms. The minimum absolute atomic E-state index is 0.113. The van der Waals surface area contributed by atoms with Gasteiger partial charge in [0.2, 0.25) is 0 Å². The van der Waals surface area contributed by atoms with Gasteiger partial charge in [-0.25, -0.2) is 13.6 Å². The van der Waals surface area contributed by atoms with Crippen LogP contribution in [0.5, 0.6) is 0 Å². The number of hydrogen-bond donors (Lipinski definition) is 2. The summed E-state index contributed by atoms with van der Waals surface area (Å²) in [5, 5.41) is 4.99. The number of hydrogen-bond acceptors (Lipinski definition) is 3. The highest BCUT2D eigenvalue weighted by molar-refractivity contribution is 6.32. The molecular weight excluding hydrogens is 462 g/mol. The zero-order valence-corrected chi connectivity index (χ0v) is 19.2. The Balaban J connectivity index is 1.57. The number of benzene rings is 3. The van der Waals surface area contributed by atoms with Gasteiger partial charge in [0.05, 0.1) is 11.4 Å². The van der Waals surface area contributed by atoms with Crippen LogP contribution in [0.2, 0.25) is 5.02 Å². The summed E-state index contributed by atoms with van der Waals surface area (Å²) < 4.78 is 27.7. The van der Waals surface area contributed by atoms with E-state index in [0.717, 1.165) is 36.5 Å². The minimum atomic E-state index is -0.895. The van der Waals surface area contributed by atoms with E-state index in [1.54, 1.807) is 23.1 Å². The number of rotatable bonds is 4. The first-order valence-electron chi connectivity index (χ1n) is 10.7. The Bertz CT molecular complexity index is 1220. The molecule has 9 heteroatoms. The maximum absolute atomic E-state index is 13.8. The fraction of sp³-hybridized carbons (Fsp3) is 0.200. The lowest BCUT2D eigenvalue weighted by molar-refractivity contribution is 0.0986. The topological polar surface area (TPSA) is 64.7 Å². The first-order valence-corrected chi connectivity index (χ1v) is 11.1. The molecule has 0 unspecified atom stereocenters. The van der Waals surface area contributed by atoms with Gasteiger partial charge in [0.25, 0.3) is 5.91 Å². The quantitative estimate of drug-likeness (QED) is 0.519. The van der Waals surface area contributed by atoms with Gasteiger partial charge >= 0.3 is 6.03 Å². The number of carbonyl (C=O) groups excluding carboxylic acids is 2. The summed E-state index contributed by atoms with van der Waals surface area (Å²) in [5.41, 5.74) is 1.93. The molecule has 2 N–H and O–H groups in total. The Labute approximate surface area is 201 Å². The molecule has 0 saturated heterocycles. The van der Waals surface area contributed by atoms with Crippen molar-refractivity contribution in [1.29, 1.82) is 0 Å². The van der Waals surface area contributed by atoms with Crippen molar-refractivity contribution >= 4 is 40.6 Å². The maximum Gasteiger partial charge on any atom is 0.319 e. The van der Waals surface area contributed by atoms with Crippen LogP contribution < -0.4 is 20.4 Å². The predicted octanol–water partition coefficient (Wildman–Crippen LogP) is 5.43. The number of carbonyl (C=O) groups is 2. The third kappa shape index (κ3) is 4.82. The summed E-state index contributed by atoms with van der Waals surface area (Å²) in [6, 6.07) is 15.1. The van der Waals surface area contributed by atoms with Crippen molar-refractivity contribution in [2.24, 2.45) is 0 Å². The Morgan fingerprint density at radius 3 is 2.35 bits per heavy atom. The van der Waals surface area contributed by atoms with Gasteiger partial charge in [-0.2, -0.15) is 0 Å². The highest BCUT2D eigenvalue weighted by atomic mass is 35.5. The lowest BCUT2D eigenvalue weighted by atomic mass is 10.1. The third-order valence-corrected chi connectivity index (χ3v) is 6.03. The van der Waals surface area contributed by atoms with E-state index in [9.17, 15) is 18.4 Å². The van der Waals surface area contributed by atoms with E-state index < -0.39 is 23.4 Å². The van der Waals surface area contributed by atoms with Crippen LogP contribution in [0.3, 0.4) is 0 Å². The second kappa shape index (κ2) is 10.1. The van der Waals surface area contributed by atoms with Crippen LogP contribution in [0.1, 0.15) is 22.3 Å². The zero-order chi connectivity index (χ0) is 24.2. The van der Waals surface area contributed by atoms with Crippen molar-refractivity contribution in [3.8, 4) is 0 Å². The van der Waals surface area contributed by atoms with E-state index in [1.165, 1.54) is 6.07 Å². The number of fused-ring (bicyclic) bond motifs is 1. The summed E-state index contributed by atoms with van der Waals surface area (Å²) in [6.07, 6.45) is 0.779. The molecule has 1 heterocycles. The van der Waals surface area contributed by atoms with Crippen LogP contribution in [-0.4, -0.2) is 32.1 Å². The van der Waals surface area contributed by atoms with Crippen LogP contribution in [0, 0.1) is 11.6 Å². The summed E-state index contributed by atoms with van der Waals surface area (Å²) in [7, 11) is 1.98. The van der Waals surface area contributed by atoms with Crippen molar-refractivity contribution in [3.05, 3.63) is 88.4 Å². The van der Waals surface area contributed by atoms with E-state index in [1.807, 2.05) is 31.3 Å². The predicted molar refractivity (Wildman–Crippen MR) is 130 cm³/mol. The number of amides is 3. The largest absolute Gasteiger partial charge is 0.373 e. The standard InChI is InChI=1S/C25H23ClF2N4O2/c1-31-13-6-14-32(22-12-3-2-11-21(22)31)24(33)16-7-4-8-18(26)17(16)15-29-25(34)30-23-19(27)9-5-10-20(23)28/h2-5,7-12H,6,13-15H2,1H3,(H2,29,30,34). The van der Waals surface area contributed by atoms with Gasteiger partial charge in [-0.05, 0) is 42.8 Å². The second-order valence-corrected chi connectivity index (χ2v) is 8.30. The van der Waals surface area contributed by atoms with Crippen molar-refractivity contribution in [2.45, 2.75) is 13.0 Å². The Morgan fingerprint density at radius 2 is 1.62 bits per heavy atom. The average Bonchev–Trinajstić information content (AvgIpc) is 2.99. The SMILES string of the molecule is CN1CCCN(C(=O)c2cccc(Cl)c2CNC(=O)Nc2c(F)cccc2F)c2ccccc21.